The Hall–Kier alpha value is -1.33. The van der Waals surface area contributed by atoms with E-state index in [-0.39, 0.29) is 24.6 Å². The molecule has 1 aliphatic carbocycles. The number of hydrogen-bond donors (Lipinski definition) is 2. The maximum atomic E-state index is 11.8. The SMILES string of the molecule is COCC(C)NC(=O)Cn1ccc(C(O)C2CC2)c1. The van der Waals surface area contributed by atoms with Crippen LogP contribution in [0.3, 0.4) is 0 Å². The third kappa shape index (κ3) is 4.08. The van der Waals surface area contributed by atoms with Gasteiger partial charge in [0.05, 0.1) is 12.7 Å². The fourth-order valence-corrected chi connectivity index (χ4v) is 2.19. The molecule has 2 N–H and O–H groups in total. The summed E-state index contributed by atoms with van der Waals surface area (Å²) in [5.41, 5.74) is 0.903. The normalized spacial score (nSPS) is 18.1. The maximum absolute atomic E-state index is 11.8. The van der Waals surface area contributed by atoms with Gasteiger partial charge in [-0.1, -0.05) is 0 Å². The summed E-state index contributed by atoms with van der Waals surface area (Å²) in [7, 11) is 1.61. The molecule has 0 radical (unpaired) electrons. The zero-order valence-corrected chi connectivity index (χ0v) is 11.5. The molecule has 0 bridgehead atoms. The number of carbonyl (C=O) groups excluding carboxylic acids is 1. The molecule has 0 aliphatic heterocycles. The predicted octanol–water partition coefficient (Wildman–Crippen LogP) is 1.08. The van der Waals surface area contributed by atoms with Crippen LogP contribution in [0.25, 0.3) is 0 Å². The van der Waals surface area contributed by atoms with Crippen molar-refractivity contribution in [1.29, 1.82) is 0 Å². The van der Waals surface area contributed by atoms with Crippen molar-refractivity contribution in [3.8, 4) is 0 Å². The highest BCUT2D eigenvalue weighted by Gasteiger charge is 2.31. The predicted molar refractivity (Wildman–Crippen MR) is 71.6 cm³/mol. The summed E-state index contributed by atoms with van der Waals surface area (Å²) in [6, 6.07) is 1.89. The number of aliphatic hydroxyl groups excluding tert-OH is 1. The highest BCUT2D eigenvalue weighted by atomic mass is 16.5. The Labute approximate surface area is 113 Å². The van der Waals surface area contributed by atoms with Crippen molar-refractivity contribution in [2.75, 3.05) is 13.7 Å². The molecule has 1 aromatic heterocycles. The first-order valence-electron chi connectivity index (χ1n) is 6.72. The van der Waals surface area contributed by atoms with Gasteiger partial charge in [-0.2, -0.15) is 0 Å². The minimum absolute atomic E-state index is 0.00425. The topological polar surface area (TPSA) is 63.5 Å². The van der Waals surface area contributed by atoms with Gasteiger partial charge < -0.3 is 19.7 Å². The lowest BCUT2D eigenvalue weighted by Crippen LogP contribution is -2.37. The highest BCUT2D eigenvalue weighted by molar-refractivity contribution is 5.76. The molecule has 0 saturated heterocycles. The molecular weight excluding hydrogens is 244 g/mol. The van der Waals surface area contributed by atoms with Crippen LogP contribution in [0.15, 0.2) is 18.5 Å². The Morgan fingerprint density at radius 2 is 2.37 bits per heavy atom. The van der Waals surface area contributed by atoms with Crippen molar-refractivity contribution in [2.45, 2.75) is 38.5 Å². The van der Waals surface area contributed by atoms with Gasteiger partial charge in [0.25, 0.3) is 0 Å². The number of hydrogen-bond acceptors (Lipinski definition) is 3. The van der Waals surface area contributed by atoms with E-state index in [1.807, 2.05) is 25.4 Å². The molecule has 1 heterocycles. The van der Waals surface area contributed by atoms with Crippen molar-refractivity contribution in [1.82, 2.24) is 9.88 Å². The van der Waals surface area contributed by atoms with Gasteiger partial charge >= 0.3 is 0 Å². The van der Waals surface area contributed by atoms with Crippen molar-refractivity contribution in [3.63, 3.8) is 0 Å². The molecule has 1 amide bonds. The van der Waals surface area contributed by atoms with Crippen LogP contribution in [0, 0.1) is 5.92 Å². The minimum atomic E-state index is -0.378. The van der Waals surface area contributed by atoms with Gasteiger partial charge in [-0.25, -0.2) is 0 Å². The second-order valence-corrected chi connectivity index (χ2v) is 5.32. The summed E-state index contributed by atoms with van der Waals surface area (Å²) in [6.07, 6.45) is 5.50. The molecular formula is C14H22N2O3. The molecule has 0 aromatic carbocycles. The van der Waals surface area contributed by atoms with Crippen LogP contribution in [0.5, 0.6) is 0 Å². The summed E-state index contributed by atoms with van der Waals surface area (Å²) >= 11 is 0. The van der Waals surface area contributed by atoms with E-state index in [1.165, 1.54) is 0 Å². The fourth-order valence-electron chi connectivity index (χ4n) is 2.19. The van der Waals surface area contributed by atoms with Crippen molar-refractivity contribution >= 4 is 5.91 Å². The van der Waals surface area contributed by atoms with Crippen LogP contribution < -0.4 is 5.32 Å². The molecule has 0 spiro atoms. The summed E-state index contributed by atoms with van der Waals surface area (Å²) in [5.74, 6) is 0.360. The number of amides is 1. The second-order valence-electron chi connectivity index (χ2n) is 5.32. The second kappa shape index (κ2) is 6.21. The molecule has 2 unspecified atom stereocenters. The van der Waals surface area contributed by atoms with Crippen molar-refractivity contribution < 1.29 is 14.6 Å². The largest absolute Gasteiger partial charge is 0.388 e. The highest BCUT2D eigenvalue weighted by Crippen LogP contribution is 2.40. The molecule has 5 nitrogen and oxygen atoms in total. The lowest BCUT2D eigenvalue weighted by atomic mass is 10.1. The molecule has 2 rings (SSSR count). The van der Waals surface area contributed by atoms with E-state index in [4.69, 9.17) is 4.74 Å². The minimum Gasteiger partial charge on any atom is -0.388 e. The molecule has 5 heteroatoms. The quantitative estimate of drug-likeness (QED) is 0.776. The van der Waals surface area contributed by atoms with Crippen LogP contribution in [-0.4, -0.2) is 35.3 Å². The van der Waals surface area contributed by atoms with Crippen LogP contribution in [0.2, 0.25) is 0 Å². The molecule has 2 atom stereocenters. The third-order valence-electron chi connectivity index (χ3n) is 3.33. The zero-order valence-electron chi connectivity index (χ0n) is 11.5. The third-order valence-corrected chi connectivity index (χ3v) is 3.33. The molecule has 1 fully saturated rings. The summed E-state index contributed by atoms with van der Waals surface area (Å²) in [4.78, 5) is 11.8. The molecule has 106 valence electrons. The summed E-state index contributed by atoms with van der Waals surface area (Å²) < 4.78 is 6.77. The number of nitrogens with one attached hydrogen (secondary N) is 1. The number of carbonyl (C=O) groups is 1. The molecule has 19 heavy (non-hydrogen) atoms. The van der Waals surface area contributed by atoms with E-state index in [0.717, 1.165) is 18.4 Å². The zero-order chi connectivity index (χ0) is 13.8. The van der Waals surface area contributed by atoms with E-state index in [0.29, 0.717) is 12.5 Å². The lowest BCUT2D eigenvalue weighted by molar-refractivity contribution is -0.122. The monoisotopic (exact) mass is 266 g/mol. The first-order chi connectivity index (χ1) is 9.10. The van der Waals surface area contributed by atoms with Crippen LogP contribution in [-0.2, 0) is 16.1 Å². The molecule has 1 aliphatic rings. The van der Waals surface area contributed by atoms with Gasteiger partial charge in [-0.15, -0.1) is 0 Å². The Morgan fingerprint density at radius 1 is 1.63 bits per heavy atom. The van der Waals surface area contributed by atoms with Gasteiger partial charge in [-0.3, -0.25) is 4.79 Å². The van der Waals surface area contributed by atoms with Gasteiger partial charge in [0, 0.05) is 25.5 Å². The van der Waals surface area contributed by atoms with Crippen molar-refractivity contribution in [3.05, 3.63) is 24.0 Å². The van der Waals surface area contributed by atoms with Crippen molar-refractivity contribution in [2.24, 2.45) is 5.92 Å². The van der Waals surface area contributed by atoms with Gasteiger partial charge in [-0.05, 0) is 37.3 Å². The first kappa shape index (κ1) is 14.1. The maximum Gasteiger partial charge on any atom is 0.240 e. The lowest BCUT2D eigenvalue weighted by Gasteiger charge is -2.13. The fraction of sp³-hybridized carbons (Fsp3) is 0.643. The Morgan fingerprint density at radius 3 is 3.00 bits per heavy atom. The van der Waals surface area contributed by atoms with Gasteiger partial charge in [0.2, 0.25) is 5.91 Å². The van der Waals surface area contributed by atoms with E-state index < -0.39 is 0 Å². The van der Waals surface area contributed by atoms with Crippen LogP contribution in [0.4, 0.5) is 0 Å². The van der Waals surface area contributed by atoms with Crippen LogP contribution >= 0.6 is 0 Å². The number of ether oxygens (including phenoxy) is 1. The summed E-state index contributed by atoms with van der Waals surface area (Å²) in [6.45, 7) is 2.67. The number of methoxy groups -OCH3 is 1. The number of aromatic nitrogens is 1. The molecule has 1 aromatic rings. The summed E-state index contributed by atoms with van der Waals surface area (Å²) in [5, 5.41) is 12.8. The first-order valence-corrected chi connectivity index (χ1v) is 6.72. The van der Waals surface area contributed by atoms with Crippen LogP contribution in [0.1, 0.15) is 31.4 Å². The Kier molecular flexibility index (Phi) is 4.61. The number of nitrogens with zero attached hydrogens (tertiary/aromatic N) is 1. The van der Waals surface area contributed by atoms with E-state index in [9.17, 15) is 9.90 Å². The average Bonchev–Trinajstić information content (AvgIpc) is 3.09. The number of aliphatic hydroxyl groups is 1. The standard InChI is InChI=1S/C14H22N2O3/c1-10(9-19-2)15-13(17)8-16-6-5-12(7-16)14(18)11-3-4-11/h5-7,10-11,14,18H,3-4,8-9H2,1-2H3,(H,15,17). The van der Waals surface area contributed by atoms with Gasteiger partial charge in [0.1, 0.15) is 6.54 Å². The van der Waals surface area contributed by atoms with E-state index in [1.54, 1.807) is 11.7 Å². The molecule has 1 saturated carbocycles. The van der Waals surface area contributed by atoms with E-state index >= 15 is 0 Å². The van der Waals surface area contributed by atoms with E-state index in [2.05, 4.69) is 5.32 Å². The Bertz CT molecular complexity index is 426. The average molecular weight is 266 g/mol. The van der Waals surface area contributed by atoms with Gasteiger partial charge in [0.15, 0.2) is 0 Å². The number of rotatable bonds is 7. The smallest absolute Gasteiger partial charge is 0.240 e. The Balaban J connectivity index is 1.83.